The van der Waals surface area contributed by atoms with Crippen LogP contribution in [0.25, 0.3) is 11.3 Å². The van der Waals surface area contributed by atoms with Gasteiger partial charge in [-0.05, 0) is 66.4 Å². The van der Waals surface area contributed by atoms with Crippen molar-refractivity contribution in [2.24, 2.45) is 5.16 Å². The van der Waals surface area contributed by atoms with Gasteiger partial charge in [0, 0.05) is 17.7 Å². The largest absolute Gasteiger partial charge is 0.506 e. The van der Waals surface area contributed by atoms with E-state index in [0.717, 1.165) is 11.6 Å². The van der Waals surface area contributed by atoms with Crippen molar-refractivity contribution < 1.29 is 41.4 Å². The molecule has 0 saturated heterocycles. The van der Waals surface area contributed by atoms with Crippen LogP contribution in [0.5, 0.6) is 11.5 Å². The maximum Gasteiger partial charge on any atom is 0.419 e. The number of aromatic hydroxyl groups is 1. The number of aromatic nitrogens is 1. The number of pyridine rings is 1. The van der Waals surface area contributed by atoms with E-state index in [-0.39, 0.29) is 47.8 Å². The zero-order valence-corrected chi connectivity index (χ0v) is 19.7. The number of carbonyl (C=O) groups excluding carboxylic acids is 1. The summed E-state index contributed by atoms with van der Waals surface area (Å²) in [6, 6.07) is 6.63. The summed E-state index contributed by atoms with van der Waals surface area (Å²) in [5, 5.41) is 13.8. The van der Waals surface area contributed by atoms with Gasteiger partial charge in [-0.3, -0.25) is 0 Å². The summed E-state index contributed by atoms with van der Waals surface area (Å²) in [7, 11) is 0. The molecule has 3 aromatic rings. The summed E-state index contributed by atoms with van der Waals surface area (Å²) in [5.74, 6) is -2.98. The standard InChI is InChI=1S/C26H21F5N2O4/c1-3-14-9-22(36-12-17-11-23(35)37-33-17)24(28)13(2)18(14)10-16-5-7-21(34)25(32-16)15-4-6-20(27)19(8-15)26(29,30)31/h4-9,34H,3,10-12H2,1-2H3. The van der Waals surface area contributed by atoms with E-state index in [0.29, 0.717) is 35.5 Å². The number of ether oxygens (including phenoxy) is 1. The maximum atomic E-state index is 15.2. The van der Waals surface area contributed by atoms with Crippen molar-refractivity contribution in [2.45, 2.75) is 39.3 Å². The first-order valence-electron chi connectivity index (χ1n) is 11.2. The van der Waals surface area contributed by atoms with Crippen LogP contribution < -0.4 is 4.74 Å². The van der Waals surface area contributed by atoms with E-state index < -0.39 is 29.3 Å². The van der Waals surface area contributed by atoms with Gasteiger partial charge in [-0.25, -0.2) is 18.6 Å². The Labute approximate surface area is 208 Å². The third-order valence-electron chi connectivity index (χ3n) is 5.93. The Bertz CT molecular complexity index is 1400. The molecule has 0 saturated carbocycles. The Morgan fingerprint density at radius 1 is 1.14 bits per heavy atom. The van der Waals surface area contributed by atoms with Gasteiger partial charge in [0.05, 0.1) is 12.0 Å². The summed E-state index contributed by atoms with van der Waals surface area (Å²) < 4.78 is 73.9. The SMILES string of the molecule is CCc1cc(OCC2=NOC(=O)C2)c(F)c(C)c1Cc1ccc(O)c(-c2ccc(F)c(C(F)(F)F)c2)n1. The lowest BCUT2D eigenvalue weighted by Gasteiger charge is -2.17. The number of hydrogen-bond acceptors (Lipinski definition) is 6. The molecule has 4 rings (SSSR count). The molecule has 0 radical (unpaired) electrons. The molecule has 11 heteroatoms. The van der Waals surface area contributed by atoms with E-state index in [4.69, 9.17) is 4.74 Å². The van der Waals surface area contributed by atoms with Crippen LogP contribution in [0.15, 0.2) is 41.6 Å². The molecular formula is C26H21F5N2O4. The normalized spacial score (nSPS) is 13.5. The molecule has 0 spiro atoms. The molecule has 0 bridgehead atoms. The zero-order chi connectivity index (χ0) is 26.9. The zero-order valence-electron chi connectivity index (χ0n) is 19.7. The second-order valence-electron chi connectivity index (χ2n) is 8.43. The molecule has 0 amide bonds. The predicted octanol–water partition coefficient (Wildman–Crippen LogP) is 5.89. The number of carbonyl (C=O) groups is 1. The molecule has 1 aliphatic rings. The van der Waals surface area contributed by atoms with Crippen molar-refractivity contribution in [2.75, 3.05) is 6.61 Å². The fourth-order valence-electron chi connectivity index (χ4n) is 3.99. The van der Waals surface area contributed by atoms with Crippen LogP contribution in [-0.2, 0) is 28.7 Å². The second-order valence-corrected chi connectivity index (χ2v) is 8.43. The third-order valence-corrected chi connectivity index (χ3v) is 5.93. The Morgan fingerprint density at radius 3 is 2.54 bits per heavy atom. The lowest BCUT2D eigenvalue weighted by Crippen LogP contribution is -2.13. The van der Waals surface area contributed by atoms with Gasteiger partial charge in [0.1, 0.15) is 29.6 Å². The Morgan fingerprint density at radius 2 is 1.89 bits per heavy atom. The Hall–Kier alpha value is -4.02. The summed E-state index contributed by atoms with van der Waals surface area (Å²) in [5.41, 5.74) is 0.564. The van der Waals surface area contributed by atoms with Gasteiger partial charge in [0.15, 0.2) is 11.6 Å². The van der Waals surface area contributed by atoms with Gasteiger partial charge in [-0.2, -0.15) is 13.2 Å². The molecule has 2 heterocycles. The molecule has 0 unspecified atom stereocenters. The topological polar surface area (TPSA) is 81.0 Å². The summed E-state index contributed by atoms with van der Waals surface area (Å²) >= 11 is 0. The number of nitrogens with zero attached hydrogens (tertiary/aromatic N) is 2. The number of alkyl halides is 3. The van der Waals surface area contributed by atoms with Crippen LogP contribution in [0, 0.1) is 18.6 Å². The van der Waals surface area contributed by atoms with Gasteiger partial charge >= 0.3 is 12.1 Å². The van der Waals surface area contributed by atoms with Crippen LogP contribution in [0.3, 0.4) is 0 Å². The average molecular weight is 520 g/mol. The molecule has 2 aromatic carbocycles. The molecular weight excluding hydrogens is 499 g/mol. The fraction of sp³-hybridized carbons (Fsp3) is 0.269. The molecule has 37 heavy (non-hydrogen) atoms. The molecule has 1 aromatic heterocycles. The smallest absolute Gasteiger partial charge is 0.419 e. The first kappa shape index (κ1) is 26.1. The summed E-state index contributed by atoms with van der Waals surface area (Å²) in [6.45, 7) is 3.30. The van der Waals surface area contributed by atoms with Crippen molar-refractivity contribution in [1.29, 1.82) is 0 Å². The number of hydrogen-bond donors (Lipinski definition) is 1. The van der Waals surface area contributed by atoms with Crippen LogP contribution in [0.1, 0.15) is 41.3 Å². The molecule has 1 aliphatic heterocycles. The van der Waals surface area contributed by atoms with Gasteiger partial charge < -0.3 is 14.7 Å². The highest BCUT2D eigenvalue weighted by Crippen LogP contribution is 2.36. The van der Waals surface area contributed by atoms with E-state index in [1.165, 1.54) is 18.2 Å². The van der Waals surface area contributed by atoms with Crippen molar-refractivity contribution >= 4 is 11.7 Å². The first-order chi connectivity index (χ1) is 17.5. The lowest BCUT2D eigenvalue weighted by molar-refractivity contribution is -0.140. The average Bonchev–Trinajstić information content (AvgIpc) is 3.27. The van der Waals surface area contributed by atoms with Crippen LogP contribution in [0.4, 0.5) is 22.0 Å². The minimum absolute atomic E-state index is 0.0227. The third kappa shape index (κ3) is 5.55. The molecule has 6 nitrogen and oxygen atoms in total. The molecule has 0 aliphatic carbocycles. The van der Waals surface area contributed by atoms with E-state index >= 15 is 4.39 Å². The van der Waals surface area contributed by atoms with Crippen LogP contribution in [-0.4, -0.2) is 28.4 Å². The van der Waals surface area contributed by atoms with Gasteiger partial charge in [-0.1, -0.05) is 12.1 Å². The van der Waals surface area contributed by atoms with Gasteiger partial charge in [0.2, 0.25) is 0 Å². The number of aryl methyl sites for hydroxylation is 1. The lowest BCUT2D eigenvalue weighted by atomic mass is 9.94. The highest BCUT2D eigenvalue weighted by molar-refractivity contribution is 6.02. The van der Waals surface area contributed by atoms with Crippen LogP contribution >= 0.6 is 0 Å². The second kappa shape index (κ2) is 10.2. The Balaban J connectivity index is 1.65. The van der Waals surface area contributed by atoms with Crippen molar-refractivity contribution in [3.8, 4) is 22.8 Å². The maximum absolute atomic E-state index is 15.2. The van der Waals surface area contributed by atoms with Crippen molar-refractivity contribution in [3.63, 3.8) is 0 Å². The number of rotatable bonds is 7. The predicted molar refractivity (Wildman–Crippen MR) is 123 cm³/mol. The first-order valence-corrected chi connectivity index (χ1v) is 11.2. The Kier molecular flexibility index (Phi) is 7.15. The highest BCUT2D eigenvalue weighted by Gasteiger charge is 2.34. The number of benzene rings is 2. The van der Waals surface area contributed by atoms with E-state index in [9.17, 15) is 27.5 Å². The fourth-order valence-corrected chi connectivity index (χ4v) is 3.99. The van der Waals surface area contributed by atoms with Crippen molar-refractivity contribution in [1.82, 2.24) is 4.98 Å². The summed E-state index contributed by atoms with van der Waals surface area (Å²) in [6.07, 6.45) is -4.34. The quantitative estimate of drug-likeness (QED) is 0.310. The molecule has 0 fully saturated rings. The molecule has 1 N–H and O–H groups in total. The van der Waals surface area contributed by atoms with E-state index in [1.807, 2.05) is 6.92 Å². The monoisotopic (exact) mass is 520 g/mol. The van der Waals surface area contributed by atoms with Crippen LogP contribution in [0.2, 0.25) is 0 Å². The van der Waals surface area contributed by atoms with E-state index in [2.05, 4.69) is 15.0 Å². The molecule has 0 atom stereocenters. The minimum atomic E-state index is -4.92. The number of halogens is 5. The highest BCUT2D eigenvalue weighted by atomic mass is 19.4. The van der Waals surface area contributed by atoms with Gasteiger partial charge in [-0.15, -0.1) is 0 Å². The minimum Gasteiger partial charge on any atom is -0.506 e. The molecule has 194 valence electrons. The van der Waals surface area contributed by atoms with Gasteiger partial charge in [0.25, 0.3) is 0 Å². The summed E-state index contributed by atoms with van der Waals surface area (Å²) in [4.78, 5) is 20.0. The number of oxime groups is 1. The van der Waals surface area contributed by atoms with Crippen molar-refractivity contribution in [3.05, 3.63) is 76.0 Å². The van der Waals surface area contributed by atoms with E-state index in [1.54, 1.807) is 6.92 Å².